The van der Waals surface area contributed by atoms with Gasteiger partial charge in [-0.05, 0) is 17.9 Å². The summed E-state index contributed by atoms with van der Waals surface area (Å²) in [6, 6.07) is 10.00. The van der Waals surface area contributed by atoms with Gasteiger partial charge in [0.1, 0.15) is 12.7 Å². The second kappa shape index (κ2) is 5.64. The molecule has 2 bridgehead atoms. The molecule has 0 saturated carbocycles. The lowest BCUT2D eigenvalue weighted by Gasteiger charge is -2.34. The molecule has 3 rings (SSSR count). The van der Waals surface area contributed by atoms with Gasteiger partial charge in [-0.25, -0.2) is 0 Å². The topological polar surface area (TPSA) is 44.8 Å². The average Bonchev–Trinajstić information content (AvgIpc) is 2.71. The van der Waals surface area contributed by atoms with Crippen molar-refractivity contribution >= 4 is 6.29 Å². The zero-order valence-corrected chi connectivity index (χ0v) is 11.7. The summed E-state index contributed by atoms with van der Waals surface area (Å²) in [7, 11) is 0. The molecule has 0 spiro atoms. The highest BCUT2D eigenvalue weighted by atomic mass is 16.8. The molecule has 0 amide bonds. The summed E-state index contributed by atoms with van der Waals surface area (Å²) in [5.41, 5.74) is 1.12. The van der Waals surface area contributed by atoms with Gasteiger partial charge < -0.3 is 19.0 Å². The highest BCUT2D eigenvalue weighted by Gasteiger charge is 2.52. The van der Waals surface area contributed by atoms with E-state index in [-0.39, 0.29) is 6.10 Å². The van der Waals surface area contributed by atoms with Crippen LogP contribution < -0.4 is 0 Å². The summed E-state index contributed by atoms with van der Waals surface area (Å²) >= 11 is 0. The number of benzene rings is 1. The van der Waals surface area contributed by atoms with E-state index in [2.05, 4.69) is 6.92 Å². The molecule has 0 radical (unpaired) electrons. The lowest BCUT2D eigenvalue weighted by atomic mass is 9.92. The van der Waals surface area contributed by atoms with E-state index in [0.717, 1.165) is 24.7 Å². The minimum Gasteiger partial charge on any atom is -0.371 e. The molecule has 4 nitrogen and oxygen atoms in total. The van der Waals surface area contributed by atoms with Crippen LogP contribution >= 0.6 is 0 Å². The van der Waals surface area contributed by atoms with Gasteiger partial charge in [0.2, 0.25) is 0 Å². The molecule has 108 valence electrons. The molecule has 0 N–H and O–H groups in total. The monoisotopic (exact) mass is 276 g/mol. The second-order valence-electron chi connectivity index (χ2n) is 5.81. The predicted molar refractivity (Wildman–Crippen MR) is 73.0 cm³/mol. The Bertz CT molecular complexity index is 461. The molecular weight excluding hydrogens is 256 g/mol. The molecule has 2 fully saturated rings. The van der Waals surface area contributed by atoms with Crippen LogP contribution in [0.3, 0.4) is 0 Å². The minimum atomic E-state index is -0.733. The van der Waals surface area contributed by atoms with Crippen LogP contribution in [0.25, 0.3) is 0 Å². The Balaban J connectivity index is 1.60. The summed E-state index contributed by atoms with van der Waals surface area (Å²) in [5, 5.41) is 0. The Morgan fingerprint density at radius 3 is 2.90 bits per heavy atom. The molecule has 2 saturated heterocycles. The summed E-state index contributed by atoms with van der Waals surface area (Å²) in [4.78, 5) is 11.0. The molecule has 0 aliphatic carbocycles. The summed E-state index contributed by atoms with van der Waals surface area (Å²) < 4.78 is 17.5. The van der Waals surface area contributed by atoms with Crippen molar-refractivity contribution in [3.05, 3.63) is 35.9 Å². The van der Waals surface area contributed by atoms with Gasteiger partial charge in [0.25, 0.3) is 0 Å². The van der Waals surface area contributed by atoms with Crippen LogP contribution in [-0.4, -0.2) is 30.9 Å². The fraction of sp³-hybridized carbons (Fsp3) is 0.562. The summed E-state index contributed by atoms with van der Waals surface area (Å²) in [6.07, 6.45) is 1.95. The van der Waals surface area contributed by atoms with Crippen LogP contribution in [0.5, 0.6) is 0 Å². The van der Waals surface area contributed by atoms with E-state index in [4.69, 9.17) is 14.2 Å². The van der Waals surface area contributed by atoms with Crippen molar-refractivity contribution in [1.29, 1.82) is 0 Å². The quantitative estimate of drug-likeness (QED) is 0.774. The Morgan fingerprint density at radius 2 is 2.15 bits per heavy atom. The lowest BCUT2D eigenvalue weighted by Crippen LogP contribution is -2.41. The van der Waals surface area contributed by atoms with Crippen LogP contribution in [0.4, 0.5) is 0 Å². The Morgan fingerprint density at radius 1 is 1.35 bits per heavy atom. The normalized spacial score (nSPS) is 36.0. The number of fused-ring (bicyclic) bond motifs is 2. The standard InChI is InChI=1S/C16H20O4/c1-12-7-14-15(9-17)20-16(8-12,19-14)11-18-10-13-5-3-2-4-6-13/h2-6,9,12,14-15H,7-8,10-11H2,1H3/t12-,14+,15-,16-/m0/s1. The molecule has 0 unspecified atom stereocenters. The first-order valence-electron chi connectivity index (χ1n) is 7.13. The van der Waals surface area contributed by atoms with Crippen molar-refractivity contribution in [1.82, 2.24) is 0 Å². The van der Waals surface area contributed by atoms with Crippen molar-refractivity contribution in [3.63, 3.8) is 0 Å². The van der Waals surface area contributed by atoms with Crippen LogP contribution in [0, 0.1) is 5.92 Å². The number of carbonyl (C=O) groups excluding carboxylic acids is 1. The smallest absolute Gasteiger partial charge is 0.193 e. The van der Waals surface area contributed by atoms with Gasteiger partial charge in [-0.3, -0.25) is 0 Å². The fourth-order valence-electron chi connectivity index (χ4n) is 3.12. The Kier molecular flexibility index (Phi) is 3.87. The highest BCUT2D eigenvalue weighted by molar-refractivity contribution is 5.58. The predicted octanol–water partition coefficient (Wildman–Crippen LogP) is 2.31. The van der Waals surface area contributed by atoms with E-state index >= 15 is 0 Å². The second-order valence-corrected chi connectivity index (χ2v) is 5.81. The van der Waals surface area contributed by atoms with Crippen molar-refractivity contribution in [3.8, 4) is 0 Å². The number of hydrogen-bond acceptors (Lipinski definition) is 4. The van der Waals surface area contributed by atoms with E-state index in [1.807, 2.05) is 30.3 Å². The molecule has 4 heteroatoms. The molecule has 0 aromatic heterocycles. The third-order valence-corrected chi connectivity index (χ3v) is 3.95. The molecule has 2 aliphatic rings. The SMILES string of the molecule is C[C@H]1C[C@H]2O[C@@](COCc3ccccc3)(C1)O[C@H]2C=O. The van der Waals surface area contributed by atoms with E-state index in [1.165, 1.54) is 0 Å². The van der Waals surface area contributed by atoms with Gasteiger partial charge in [-0.1, -0.05) is 37.3 Å². The summed E-state index contributed by atoms with van der Waals surface area (Å²) in [5.74, 6) is -0.248. The number of hydrogen-bond donors (Lipinski definition) is 0. The molecule has 1 aromatic rings. The first kappa shape index (κ1) is 13.7. The fourth-order valence-corrected chi connectivity index (χ4v) is 3.12. The van der Waals surface area contributed by atoms with Gasteiger partial charge in [-0.15, -0.1) is 0 Å². The maximum atomic E-state index is 11.0. The maximum absolute atomic E-state index is 11.0. The number of aldehydes is 1. The van der Waals surface area contributed by atoms with Crippen molar-refractivity contribution in [2.45, 2.75) is 44.4 Å². The van der Waals surface area contributed by atoms with Crippen molar-refractivity contribution in [2.24, 2.45) is 5.92 Å². The molecule has 2 aliphatic heterocycles. The zero-order valence-electron chi connectivity index (χ0n) is 11.7. The third kappa shape index (κ3) is 2.77. The Hall–Kier alpha value is -1.23. The van der Waals surface area contributed by atoms with Crippen molar-refractivity contribution in [2.75, 3.05) is 6.61 Å². The van der Waals surface area contributed by atoms with Crippen molar-refractivity contribution < 1.29 is 19.0 Å². The number of rotatable bonds is 5. The number of carbonyl (C=O) groups is 1. The zero-order chi connectivity index (χ0) is 14.0. The minimum absolute atomic E-state index is 0.114. The van der Waals surface area contributed by atoms with Gasteiger partial charge in [0, 0.05) is 6.42 Å². The Labute approximate surface area is 119 Å². The van der Waals surface area contributed by atoms with Crippen LogP contribution in [0.15, 0.2) is 30.3 Å². The van der Waals surface area contributed by atoms with Gasteiger partial charge in [0.05, 0.1) is 12.7 Å². The molecule has 4 atom stereocenters. The first-order chi connectivity index (χ1) is 9.71. The maximum Gasteiger partial charge on any atom is 0.193 e. The van der Waals surface area contributed by atoms with E-state index in [9.17, 15) is 4.79 Å². The molecular formula is C16H20O4. The first-order valence-corrected chi connectivity index (χ1v) is 7.13. The lowest BCUT2D eigenvalue weighted by molar-refractivity contribution is -0.232. The van der Waals surface area contributed by atoms with E-state index in [1.54, 1.807) is 0 Å². The third-order valence-electron chi connectivity index (χ3n) is 3.95. The van der Waals surface area contributed by atoms with Gasteiger partial charge >= 0.3 is 0 Å². The molecule has 1 aromatic carbocycles. The molecule has 2 heterocycles. The van der Waals surface area contributed by atoms with E-state index < -0.39 is 11.9 Å². The average molecular weight is 276 g/mol. The van der Waals surface area contributed by atoms with Crippen LogP contribution in [0.2, 0.25) is 0 Å². The number of ether oxygens (including phenoxy) is 3. The van der Waals surface area contributed by atoms with Crippen LogP contribution in [0.1, 0.15) is 25.3 Å². The highest BCUT2D eigenvalue weighted by Crippen LogP contribution is 2.42. The van der Waals surface area contributed by atoms with Crippen LogP contribution in [-0.2, 0) is 25.6 Å². The van der Waals surface area contributed by atoms with Gasteiger partial charge in [-0.2, -0.15) is 0 Å². The summed E-state index contributed by atoms with van der Waals surface area (Å²) in [6.45, 7) is 3.06. The molecule has 20 heavy (non-hydrogen) atoms. The largest absolute Gasteiger partial charge is 0.371 e. The van der Waals surface area contributed by atoms with Gasteiger partial charge in [0.15, 0.2) is 12.1 Å². The van der Waals surface area contributed by atoms with E-state index in [0.29, 0.717) is 19.1 Å².